The number of anilines is 1. The van der Waals surface area contributed by atoms with Gasteiger partial charge in [-0.1, -0.05) is 31.7 Å². The number of benzene rings is 2. The third-order valence-electron chi connectivity index (χ3n) is 8.61. The van der Waals surface area contributed by atoms with Crippen LogP contribution in [0.1, 0.15) is 61.4 Å². The SMILES string of the molecule is O=c1[nH]c(CCC2CCCC2)cn1-c1ccc(S(=O)(=O)Nc2ccc3c(c2)CCC(CNCC(O)c2cccnc2)O3)cc1. The Bertz CT molecular complexity index is 1710. The molecule has 44 heavy (non-hydrogen) atoms. The summed E-state index contributed by atoms with van der Waals surface area (Å²) in [6.45, 7) is 0.973. The van der Waals surface area contributed by atoms with Crippen molar-refractivity contribution < 1.29 is 18.3 Å². The molecule has 0 radical (unpaired) electrons. The highest BCUT2D eigenvalue weighted by atomic mass is 32.2. The topological polar surface area (TPSA) is 138 Å². The number of fused-ring (bicyclic) bond motifs is 1. The van der Waals surface area contributed by atoms with Crippen molar-refractivity contribution in [2.75, 3.05) is 17.8 Å². The zero-order chi connectivity index (χ0) is 30.5. The largest absolute Gasteiger partial charge is 0.489 e. The van der Waals surface area contributed by atoms with Gasteiger partial charge in [0, 0.05) is 48.6 Å². The minimum absolute atomic E-state index is 0.0550. The van der Waals surface area contributed by atoms with Crippen LogP contribution >= 0.6 is 0 Å². The molecular formula is C33H39N5O5S. The molecule has 1 aliphatic carbocycles. The number of nitrogens with one attached hydrogen (secondary N) is 3. The third-order valence-corrected chi connectivity index (χ3v) is 10.0. The summed E-state index contributed by atoms with van der Waals surface area (Å²) in [4.78, 5) is 19.7. The van der Waals surface area contributed by atoms with Crippen LogP contribution in [0.5, 0.6) is 5.75 Å². The second kappa shape index (κ2) is 13.4. The first-order valence-electron chi connectivity index (χ1n) is 15.4. The van der Waals surface area contributed by atoms with Crippen LogP contribution in [0.15, 0.2) is 82.9 Å². The molecule has 1 saturated carbocycles. The van der Waals surface area contributed by atoms with Crippen LogP contribution < -0.4 is 20.5 Å². The fraction of sp³-hybridized carbons (Fsp3) is 0.394. The van der Waals surface area contributed by atoms with Gasteiger partial charge in [-0.2, -0.15) is 0 Å². The van der Waals surface area contributed by atoms with Gasteiger partial charge < -0.3 is 20.1 Å². The predicted molar refractivity (Wildman–Crippen MR) is 169 cm³/mol. The Kier molecular flexibility index (Phi) is 9.15. The Morgan fingerprint density at radius 1 is 1.09 bits per heavy atom. The Labute approximate surface area is 257 Å². The molecule has 0 spiro atoms. The number of rotatable bonds is 12. The second-order valence-corrected chi connectivity index (χ2v) is 13.5. The summed E-state index contributed by atoms with van der Waals surface area (Å²) in [5, 5.41) is 13.6. The zero-order valence-corrected chi connectivity index (χ0v) is 25.4. The van der Waals surface area contributed by atoms with E-state index in [4.69, 9.17) is 4.74 Å². The molecule has 3 heterocycles. The van der Waals surface area contributed by atoms with Crippen molar-refractivity contribution in [3.8, 4) is 11.4 Å². The molecule has 4 aromatic rings. The molecule has 1 fully saturated rings. The summed E-state index contributed by atoms with van der Waals surface area (Å²) in [5.41, 5.74) is 3.44. The molecule has 232 valence electrons. The van der Waals surface area contributed by atoms with E-state index in [2.05, 4.69) is 20.0 Å². The van der Waals surface area contributed by atoms with Gasteiger partial charge in [0.15, 0.2) is 0 Å². The van der Waals surface area contributed by atoms with E-state index >= 15 is 0 Å². The molecule has 11 heteroatoms. The number of aromatic nitrogens is 3. The lowest BCUT2D eigenvalue weighted by molar-refractivity contribution is 0.146. The maximum atomic E-state index is 13.2. The Hall–Kier alpha value is -3.93. The fourth-order valence-electron chi connectivity index (χ4n) is 6.15. The zero-order valence-electron chi connectivity index (χ0n) is 24.6. The van der Waals surface area contributed by atoms with E-state index in [0.717, 1.165) is 54.2 Å². The van der Waals surface area contributed by atoms with E-state index in [1.54, 1.807) is 42.7 Å². The van der Waals surface area contributed by atoms with E-state index in [9.17, 15) is 18.3 Å². The maximum Gasteiger partial charge on any atom is 0.330 e. The molecule has 4 N–H and O–H groups in total. The molecule has 10 nitrogen and oxygen atoms in total. The number of aliphatic hydroxyl groups is 1. The van der Waals surface area contributed by atoms with Crippen LogP contribution in [0.2, 0.25) is 0 Å². The number of hydrogen-bond acceptors (Lipinski definition) is 7. The number of hydrogen-bond donors (Lipinski definition) is 4. The maximum absolute atomic E-state index is 13.2. The van der Waals surface area contributed by atoms with Gasteiger partial charge in [-0.05, 0) is 85.7 Å². The third kappa shape index (κ3) is 7.23. The van der Waals surface area contributed by atoms with Crippen LogP contribution in [0.3, 0.4) is 0 Å². The van der Waals surface area contributed by atoms with Gasteiger partial charge in [-0.3, -0.25) is 14.3 Å². The lowest BCUT2D eigenvalue weighted by Crippen LogP contribution is -2.36. The summed E-state index contributed by atoms with van der Waals surface area (Å²) in [6, 6.07) is 15.2. The molecule has 6 rings (SSSR count). The molecular weight excluding hydrogens is 578 g/mol. The van der Waals surface area contributed by atoms with Crippen molar-refractivity contribution in [1.29, 1.82) is 0 Å². The summed E-state index contributed by atoms with van der Waals surface area (Å²) in [5.74, 6) is 1.47. The smallest absolute Gasteiger partial charge is 0.330 e. The first-order valence-corrected chi connectivity index (χ1v) is 16.8. The number of imidazole rings is 1. The predicted octanol–water partition coefficient (Wildman–Crippen LogP) is 4.50. The summed E-state index contributed by atoms with van der Waals surface area (Å²) in [7, 11) is -3.84. The average Bonchev–Trinajstić information content (AvgIpc) is 3.70. The lowest BCUT2D eigenvalue weighted by atomic mass is 10.0. The molecule has 2 atom stereocenters. The highest BCUT2D eigenvalue weighted by Gasteiger charge is 2.22. The molecule has 2 aromatic heterocycles. The Morgan fingerprint density at radius 2 is 1.91 bits per heavy atom. The van der Waals surface area contributed by atoms with Gasteiger partial charge in [0.1, 0.15) is 11.9 Å². The summed E-state index contributed by atoms with van der Waals surface area (Å²) in [6.07, 6.45) is 13.0. The number of pyridine rings is 1. The van der Waals surface area contributed by atoms with E-state index in [0.29, 0.717) is 24.5 Å². The van der Waals surface area contributed by atoms with Gasteiger partial charge in [0.05, 0.1) is 16.7 Å². The van der Waals surface area contributed by atoms with Crippen LogP contribution in [0.4, 0.5) is 5.69 Å². The number of aliphatic hydroxyl groups excluding tert-OH is 1. The Balaban J connectivity index is 1.03. The molecule has 1 aliphatic heterocycles. The first kappa shape index (κ1) is 30.1. The quantitative estimate of drug-likeness (QED) is 0.184. The van der Waals surface area contributed by atoms with E-state index in [1.807, 2.05) is 18.3 Å². The number of H-pyrrole nitrogens is 1. The average molecular weight is 618 g/mol. The number of ether oxygens (including phenoxy) is 1. The van der Waals surface area contributed by atoms with Gasteiger partial charge in [-0.25, -0.2) is 13.2 Å². The number of aromatic amines is 1. The van der Waals surface area contributed by atoms with Crippen molar-refractivity contribution >= 4 is 15.7 Å². The summed E-state index contributed by atoms with van der Waals surface area (Å²) >= 11 is 0. The van der Waals surface area contributed by atoms with Gasteiger partial charge in [0.25, 0.3) is 10.0 Å². The molecule has 2 aliphatic rings. The standard InChI is InChI=1S/C33H39N5O5S/c39-31(25-6-3-17-34-19-25)21-35-20-29-13-8-24-18-26(10-16-32(24)43-29)37-44(41,42)30-14-11-28(12-15-30)38-22-27(36-33(38)40)9-7-23-4-1-2-5-23/h3,6,10-12,14-19,22-23,29,31,35,37,39H,1-2,4-5,7-9,13,20-21H2,(H,36,40). The van der Waals surface area contributed by atoms with Crippen LogP contribution in [0, 0.1) is 5.92 Å². The Morgan fingerprint density at radius 3 is 2.68 bits per heavy atom. The van der Waals surface area contributed by atoms with Crippen molar-refractivity contribution in [3.63, 3.8) is 0 Å². The monoisotopic (exact) mass is 617 g/mol. The highest BCUT2D eigenvalue weighted by Crippen LogP contribution is 2.31. The van der Waals surface area contributed by atoms with E-state index in [-0.39, 0.29) is 16.7 Å². The van der Waals surface area contributed by atoms with E-state index in [1.165, 1.54) is 42.4 Å². The van der Waals surface area contributed by atoms with Crippen molar-refractivity contribution in [3.05, 3.63) is 100 Å². The fourth-order valence-corrected chi connectivity index (χ4v) is 7.20. The molecule has 2 unspecified atom stereocenters. The number of nitrogens with zero attached hydrogens (tertiary/aromatic N) is 2. The second-order valence-electron chi connectivity index (χ2n) is 11.8. The number of sulfonamides is 1. The van der Waals surface area contributed by atoms with Crippen molar-refractivity contribution in [2.45, 2.75) is 68.5 Å². The van der Waals surface area contributed by atoms with E-state index < -0.39 is 16.1 Å². The minimum Gasteiger partial charge on any atom is -0.489 e. The lowest BCUT2D eigenvalue weighted by Gasteiger charge is -2.27. The minimum atomic E-state index is -3.84. The van der Waals surface area contributed by atoms with Crippen LogP contribution in [0.25, 0.3) is 5.69 Å². The van der Waals surface area contributed by atoms with Gasteiger partial charge in [0.2, 0.25) is 0 Å². The van der Waals surface area contributed by atoms with Crippen molar-refractivity contribution in [1.82, 2.24) is 19.9 Å². The van der Waals surface area contributed by atoms with Gasteiger partial charge >= 0.3 is 5.69 Å². The number of aryl methyl sites for hydroxylation is 2. The van der Waals surface area contributed by atoms with Crippen molar-refractivity contribution in [2.24, 2.45) is 5.92 Å². The first-order chi connectivity index (χ1) is 21.3. The van der Waals surface area contributed by atoms with Crippen LogP contribution in [-0.4, -0.2) is 47.3 Å². The summed E-state index contributed by atoms with van der Waals surface area (Å²) < 4.78 is 36.7. The van der Waals surface area contributed by atoms with Gasteiger partial charge in [-0.15, -0.1) is 0 Å². The highest BCUT2D eigenvalue weighted by molar-refractivity contribution is 7.92. The normalized spacial score (nSPS) is 17.6. The van der Waals surface area contributed by atoms with Crippen LogP contribution in [-0.2, 0) is 22.9 Å². The molecule has 0 saturated heterocycles. The molecule has 0 bridgehead atoms. The molecule has 2 aromatic carbocycles. The molecule has 0 amide bonds.